The second-order valence-corrected chi connectivity index (χ2v) is 12.1. The van der Waals surface area contributed by atoms with Gasteiger partial charge in [0.1, 0.15) is 6.04 Å². The molecule has 1 saturated carbocycles. The summed E-state index contributed by atoms with van der Waals surface area (Å²) in [5, 5.41) is 4.98. The molecule has 0 aliphatic heterocycles. The first-order valence-electron chi connectivity index (χ1n) is 13.3. The van der Waals surface area contributed by atoms with E-state index in [0.717, 1.165) is 42.4 Å². The number of rotatable bonds is 11. The number of thioether (sulfide) groups is 1. The lowest BCUT2D eigenvalue weighted by Crippen LogP contribution is -2.53. The zero-order valence-electron chi connectivity index (χ0n) is 21.8. The fraction of sp³-hybridized carbons (Fsp3) is 0.355. The molecule has 4 rings (SSSR count). The first-order valence-corrected chi connectivity index (χ1v) is 15.6. The van der Waals surface area contributed by atoms with E-state index in [1.165, 1.54) is 18.2 Å². The van der Waals surface area contributed by atoms with Crippen LogP contribution in [-0.4, -0.2) is 34.6 Å². The number of nitrogens with zero attached hydrogens (tertiary/aromatic N) is 1. The molecule has 0 bridgehead atoms. The van der Waals surface area contributed by atoms with Gasteiger partial charge in [-0.25, -0.2) is 0 Å². The van der Waals surface area contributed by atoms with Crippen LogP contribution < -0.4 is 5.32 Å². The third kappa shape index (κ3) is 8.65. The summed E-state index contributed by atoms with van der Waals surface area (Å²) < 4.78 is 0. The number of hydrogen-bond acceptors (Lipinski definition) is 3. The maximum atomic E-state index is 13.9. The predicted molar refractivity (Wildman–Crippen MR) is 164 cm³/mol. The predicted octanol–water partition coefficient (Wildman–Crippen LogP) is 7.97. The smallest absolute Gasteiger partial charge is 0.243 e. The van der Waals surface area contributed by atoms with Gasteiger partial charge in [-0.05, 0) is 47.7 Å². The van der Waals surface area contributed by atoms with Crippen LogP contribution in [0.15, 0.2) is 72.8 Å². The van der Waals surface area contributed by atoms with Crippen molar-refractivity contribution >= 4 is 58.4 Å². The number of hydrogen-bond donors (Lipinski definition) is 1. The topological polar surface area (TPSA) is 49.4 Å². The van der Waals surface area contributed by atoms with Crippen molar-refractivity contribution in [1.29, 1.82) is 0 Å². The number of amides is 2. The van der Waals surface area contributed by atoms with Crippen molar-refractivity contribution < 1.29 is 9.59 Å². The van der Waals surface area contributed by atoms with E-state index in [1.54, 1.807) is 23.1 Å². The number of carbonyl (C=O) groups is 2. The molecule has 1 N–H and O–H groups in total. The summed E-state index contributed by atoms with van der Waals surface area (Å²) in [6, 6.07) is 22.1. The molecule has 1 fully saturated rings. The molecule has 0 aromatic heterocycles. The molecule has 39 heavy (non-hydrogen) atoms. The van der Waals surface area contributed by atoms with E-state index in [1.807, 2.05) is 54.6 Å². The van der Waals surface area contributed by atoms with Crippen molar-refractivity contribution in [1.82, 2.24) is 10.2 Å². The van der Waals surface area contributed by atoms with Gasteiger partial charge in [0, 0.05) is 39.8 Å². The quantitative estimate of drug-likeness (QED) is 0.242. The summed E-state index contributed by atoms with van der Waals surface area (Å²) in [5.41, 5.74) is 2.59. The Morgan fingerprint density at radius 2 is 1.49 bits per heavy atom. The van der Waals surface area contributed by atoms with Crippen LogP contribution in [0.5, 0.6) is 0 Å². The average Bonchev–Trinajstić information content (AvgIpc) is 2.94. The minimum Gasteiger partial charge on any atom is -0.352 e. The third-order valence-electron chi connectivity index (χ3n) is 7.05. The van der Waals surface area contributed by atoms with Crippen molar-refractivity contribution in [2.24, 2.45) is 0 Å². The number of carbonyl (C=O) groups excluding carboxylic acids is 2. The van der Waals surface area contributed by atoms with Crippen LogP contribution in [0.25, 0.3) is 0 Å². The van der Waals surface area contributed by atoms with E-state index < -0.39 is 6.04 Å². The van der Waals surface area contributed by atoms with Crippen molar-refractivity contribution in [2.75, 3.05) is 5.75 Å². The molecule has 3 aromatic rings. The minimum absolute atomic E-state index is 0.120. The molecule has 0 spiro atoms. The van der Waals surface area contributed by atoms with Crippen LogP contribution in [0, 0.1) is 0 Å². The molecule has 8 heteroatoms. The summed E-state index contributed by atoms with van der Waals surface area (Å²) in [7, 11) is 0. The van der Waals surface area contributed by atoms with E-state index in [9.17, 15) is 9.59 Å². The maximum Gasteiger partial charge on any atom is 0.243 e. The zero-order chi connectivity index (χ0) is 27.6. The molecule has 1 aliphatic carbocycles. The van der Waals surface area contributed by atoms with Crippen molar-refractivity contribution in [2.45, 2.75) is 62.9 Å². The Balaban J connectivity index is 1.59. The Morgan fingerprint density at radius 3 is 2.18 bits per heavy atom. The first-order chi connectivity index (χ1) is 18.9. The molecule has 0 unspecified atom stereocenters. The normalized spacial score (nSPS) is 14.5. The lowest BCUT2D eigenvalue weighted by atomic mass is 9.94. The van der Waals surface area contributed by atoms with E-state index in [-0.39, 0.29) is 30.2 Å². The highest BCUT2D eigenvalue weighted by Gasteiger charge is 2.32. The second-order valence-electron chi connectivity index (χ2n) is 9.86. The first kappa shape index (κ1) is 29.8. The largest absolute Gasteiger partial charge is 0.352 e. The van der Waals surface area contributed by atoms with Gasteiger partial charge >= 0.3 is 0 Å². The van der Waals surface area contributed by atoms with Gasteiger partial charge in [-0.2, -0.15) is 0 Å². The molecule has 0 saturated heterocycles. The van der Waals surface area contributed by atoms with Crippen LogP contribution in [0.1, 0.15) is 48.8 Å². The molecule has 3 aromatic carbocycles. The number of halogens is 3. The maximum absolute atomic E-state index is 13.9. The Bertz CT molecular complexity index is 1230. The molecular weight excluding hydrogens is 571 g/mol. The van der Waals surface area contributed by atoms with E-state index in [0.29, 0.717) is 27.2 Å². The summed E-state index contributed by atoms with van der Waals surface area (Å²) in [5.74, 6) is 0.406. The van der Waals surface area contributed by atoms with Crippen LogP contribution in [0.4, 0.5) is 0 Å². The lowest BCUT2D eigenvalue weighted by Gasteiger charge is -2.33. The lowest BCUT2D eigenvalue weighted by molar-refractivity contribution is -0.139. The summed E-state index contributed by atoms with van der Waals surface area (Å²) >= 11 is 20.6. The molecule has 0 heterocycles. The fourth-order valence-corrected chi connectivity index (χ4v) is 6.74. The van der Waals surface area contributed by atoms with Gasteiger partial charge in [0.2, 0.25) is 11.8 Å². The number of nitrogens with one attached hydrogen (secondary N) is 1. The zero-order valence-corrected chi connectivity index (χ0v) is 24.8. The van der Waals surface area contributed by atoms with E-state index >= 15 is 0 Å². The molecule has 206 valence electrons. The van der Waals surface area contributed by atoms with Crippen LogP contribution in [0.3, 0.4) is 0 Å². The van der Waals surface area contributed by atoms with Gasteiger partial charge in [-0.15, -0.1) is 11.8 Å². The SMILES string of the molecule is O=C(NC1CCCCC1)[C@H](Cc1ccccc1)N(Cc1ccccc1Cl)C(=O)CSCc1c(Cl)cccc1Cl. The van der Waals surface area contributed by atoms with Gasteiger partial charge in [0.15, 0.2) is 0 Å². The standard InChI is InChI=1S/C31H33Cl3N2O2S/c32-26-15-8-7-12-23(26)19-36(30(37)21-39-20-25-27(33)16-9-17-28(25)34)29(18-22-10-3-1-4-11-22)31(38)35-24-13-5-2-6-14-24/h1,3-4,7-12,15-17,24,29H,2,5-6,13-14,18-21H2,(H,35,38)/t29-/m0/s1. The molecule has 4 nitrogen and oxygen atoms in total. The highest BCUT2D eigenvalue weighted by atomic mass is 35.5. The summed E-state index contributed by atoms with van der Waals surface area (Å²) in [6.07, 6.45) is 5.77. The monoisotopic (exact) mass is 602 g/mol. The Hall–Kier alpha value is -2.18. The highest BCUT2D eigenvalue weighted by Crippen LogP contribution is 2.29. The highest BCUT2D eigenvalue weighted by molar-refractivity contribution is 7.99. The third-order valence-corrected chi connectivity index (χ3v) is 9.08. The van der Waals surface area contributed by atoms with Gasteiger partial charge < -0.3 is 10.2 Å². The molecule has 1 atom stereocenters. The Kier molecular flexibility index (Phi) is 11.5. The Labute approximate surface area is 250 Å². The molecule has 1 aliphatic rings. The summed E-state index contributed by atoms with van der Waals surface area (Å²) in [6.45, 7) is 0.238. The van der Waals surface area contributed by atoms with Gasteiger partial charge in [0.05, 0.1) is 5.75 Å². The fourth-order valence-electron chi connectivity index (χ4n) is 4.90. The average molecular weight is 604 g/mol. The van der Waals surface area contributed by atoms with Gasteiger partial charge in [-0.1, -0.05) is 109 Å². The van der Waals surface area contributed by atoms with Crippen LogP contribution in [-0.2, 0) is 28.3 Å². The molecule has 0 radical (unpaired) electrons. The van der Waals surface area contributed by atoms with Crippen molar-refractivity contribution in [3.05, 3.63) is 105 Å². The van der Waals surface area contributed by atoms with E-state index in [2.05, 4.69) is 5.32 Å². The van der Waals surface area contributed by atoms with Crippen LogP contribution in [0.2, 0.25) is 15.1 Å². The van der Waals surface area contributed by atoms with Gasteiger partial charge in [0.25, 0.3) is 0 Å². The minimum atomic E-state index is -0.678. The van der Waals surface area contributed by atoms with E-state index in [4.69, 9.17) is 34.8 Å². The molecular formula is C31H33Cl3N2O2S. The number of benzene rings is 3. The molecule has 2 amide bonds. The summed E-state index contributed by atoms with van der Waals surface area (Å²) in [4.78, 5) is 29.4. The second kappa shape index (κ2) is 15.0. The van der Waals surface area contributed by atoms with Crippen molar-refractivity contribution in [3.63, 3.8) is 0 Å². The van der Waals surface area contributed by atoms with Gasteiger partial charge in [-0.3, -0.25) is 9.59 Å². The van der Waals surface area contributed by atoms with Crippen molar-refractivity contribution in [3.8, 4) is 0 Å². The van der Waals surface area contributed by atoms with Crippen LogP contribution >= 0.6 is 46.6 Å². The Morgan fingerprint density at radius 1 is 0.846 bits per heavy atom.